The smallest absolute Gasteiger partial charge is 0.130 e. The highest BCUT2D eigenvalue weighted by atomic mass is 79.9. The maximum absolute atomic E-state index is 5.72. The van der Waals surface area contributed by atoms with Gasteiger partial charge in [-0.3, -0.25) is 4.98 Å². The van der Waals surface area contributed by atoms with Crippen LogP contribution in [0.15, 0.2) is 71.5 Å². The predicted molar refractivity (Wildman–Crippen MR) is 94.3 cm³/mol. The second kappa shape index (κ2) is 7.74. The van der Waals surface area contributed by atoms with E-state index in [1.807, 2.05) is 54.6 Å². The number of rotatable bonds is 6. The third kappa shape index (κ3) is 4.79. The molecule has 0 aliphatic rings. The van der Waals surface area contributed by atoms with Gasteiger partial charge in [-0.15, -0.1) is 0 Å². The molecule has 0 fully saturated rings. The maximum Gasteiger partial charge on any atom is 0.130 e. The summed E-state index contributed by atoms with van der Waals surface area (Å²) in [4.78, 5) is 8.52. The fraction of sp³-hybridized carbons (Fsp3) is 0.111. The first-order chi connectivity index (χ1) is 11.3. The fourth-order valence-electron chi connectivity index (χ4n) is 2.02. The molecule has 2 heterocycles. The van der Waals surface area contributed by atoms with Crippen LogP contribution in [0.5, 0.6) is 5.75 Å². The van der Waals surface area contributed by atoms with Gasteiger partial charge in [0.15, 0.2) is 0 Å². The summed E-state index contributed by atoms with van der Waals surface area (Å²) in [6.07, 6.45) is 3.54. The van der Waals surface area contributed by atoms with Crippen molar-refractivity contribution in [1.29, 1.82) is 0 Å². The van der Waals surface area contributed by atoms with E-state index in [9.17, 15) is 0 Å². The Labute approximate surface area is 143 Å². The van der Waals surface area contributed by atoms with E-state index in [0.29, 0.717) is 6.61 Å². The second-order valence-corrected chi connectivity index (χ2v) is 5.88. The van der Waals surface area contributed by atoms with Crippen molar-refractivity contribution >= 4 is 21.7 Å². The van der Waals surface area contributed by atoms with E-state index in [1.165, 1.54) is 5.56 Å². The zero-order valence-electron chi connectivity index (χ0n) is 12.4. The van der Waals surface area contributed by atoms with Gasteiger partial charge in [0.25, 0.3) is 0 Å². The molecule has 1 N–H and O–H groups in total. The topological polar surface area (TPSA) is 47.0 Å². The number of hydrogen-bond acceptors (Lipinski definition) is 4. The lowest BCUT2D eigenvalue weighted by molar-refractivity contribution is 0.301. The molecule has 0 radical (unpaired) electrons. The molecule has 116 valence electrons. The Kier molecular flexibility index (Phi) is 5.21. The number of benzene rings is 1. The van der Waals surface area contributed by atoms with Crippen LogP contribution in [-0.2, 0) is 13.2 Å². The molecule has 0 aliphatic carbocycles. The molecular weight excluding hydrogens is 354 g/mol. The summed E-state index contributed by atoms with van der Waals surface area (Å²) < 4.78 is 6.69. The van der Waals surface area contributed by atoms with Crippen LogP contribution in [0.2, 0.25) is 0 Å². The standard InChI is InChI=1S/C18H16BrN3O/c19-15-6-9-18(22-12-15)21-11-14-4-7-17(8-5-14)23-13-16-3-1-2-10-20-16/h1-10,12H,11,13H2,(H,21,22). The Bertz CT molecular complexity index is 730. The minimum Gasteiger partial charge on any atom is -0.487 e. The van der Waals surface area contributed by atoms with E-state index in [4.69, 9.17) is 4.74 Å². The third-order valence-electron chi connectivity index (χ3n) is 3.24. The van der Waals surface area contributed by atoms with Crippen molar-refractivity contribution in [3.05, 3.63) is 82.7 Å². The van der Waals surface area contributed by atoms with Gasteiger partial charge in [-0.05, 0) is 57.9 Å². The molecule has 3 rings (SSSR count). The van der Waals surface area contributed by atoms with Gasteiger partial charge in [-0.1, -0.05) is 18.2 Å². The van der Waals surface area contributed by atoms with E-state index in [1.54, 1.807) is 12.4 Å². The van der Waals surface area contributed by atoms with Gasteiger partial charge < -0.3 is 10.1 Å². The lowest BCUT2D eigenvalue weighted by Crippen LogP contribution is -2.01. The highest BCUT2D eigenvalue weighted by Crippen LogP contribution is 2.15. The van der Waals surface area contributed by atoms with Gasteiger partial charge in [0, 0.05) is 23.4 Å². The van der Waals surface area contributed by atoms with Crippen LogP contribution >= 0.6 is 15.9 Å². The van der Waals surface area contributed by atoms with Gasteiger partial charge >= 0.3 is 0 Å². The summed E-state index contributed by atoms with van der Waals surface area (Å²) >= 11 is 3.37. The van der Waals surface area contributed by atoms with Crippen molar-refractivity contribution in [2.75, 3.05) is 5.32 Å². The molecule has 4 nitrogen and oxygen atoms in total. The van der Waals surface area contributed by atoms with Crippen LogP contribution in [0, 0.1) is 0 Å². The second-order valence-electron chi connectivity index (χ2n) is 4.97. The average molecular weight is 370 g/mol. The lowest BCUT2D eigenvalue weighted by Gasteiger charge is -2.08. The normalized spacial score (nSPS) is 10.3. The van der Waals surface area contributed by atoms with Crippen LogP contribution in [0.3, 0.4) is 0 Å². The van der Waals surface area contributed by atoms with E-state index in [-0.39, 0.29) is 0 Å². The minimum atomic E-state index is 0.473. The Hall–Kier alpha value is -2.40. The number of hydrogen-bond donors (Lipinski definition) is 1. The van der Waals surface area contributed by atoms with Crippen molar-refractivity contribution < 1.29 is 4.74 Å². The largest absolute Gasteiger partial charge is 0.487 e. The summed E-state index contributed by atoms with van der Waals surface area (Å²) in [7, 11) is 0. The zero-order chi connectivity index (χ0) is 15.9. The third-order valence-corrected chi connectivity index (χ3v) is 3.71. The molecule has 2 aromatic heterocycles. The lowest BCUT2D eigenvalue weighted by atomic mass is 10.2. The molecule has 0 saturated carbocycles. The molecule has 0 spiro atoms. The Morgan fingerprint density at radius 2 is 1.83 bits per heavy atom. The van der Waals surface area contributed by atoms with Crippen LogP contribution in [-0.4, -0.2) is 9.97 Å². The van der Waals surface area contributed by atoms with Crippen molar-refractivity contribution in [3.63, 3.8) is 0 Å². The summed E-state index contributed by atoms with van der Waals surface area (Å²) in [6.45, 7) is 1.19. The molecule has 23 heavy (non-hydrogen) atoms. The van der Waals surface area contributed by atoms with Crippen molar-refractivity contribution in [1.82, 2.24) is 9.97 Å². The number of aromatic nitrogens is 2. The minimum absolute atomic E-state index is 0.473. The Morgan fingerprint density at radius 3 is 2.52 bits per heavy atom. The van der Waals surface area contributed by atoms with Gasteiger partial charge in [-0.25, -0.2) is 4.98 Å². The van der Waals surface area contributed by atoms with Crippen molar-refractivity contribution in [2.24, 2.45) is 0 Å². The molecule has 0 bridgehead atoms. The van der Waals surface area contributed by atoms with Crippen LogP contribution in [0.4, 0.5) is 5.82 Å². The van der Waals surface area contributed by atoms with Gasteiger partial charge in [0.2, 0.25) is 0 Å². The molecule has 0 atom stereocenters. The number of nitrogens with one attached hydrogen (secondary N) is 1. The van der Waals surface area contributed by atoms with Crippen LogP contribution in [0.25, 0.3) is 0 Å². The average Bonchev–Trinajstić information content (AvgIpc) is 2.61. The van der Waals surface area contributed by atoms with Gasteiger partial charge in [0.1, 0.15) is 18.2 Å². The maximum atomic E-state index is 5.72. The van der Waals surface area contributed by atoms with Crippen molar-refractivity contribution in [3.8, 4) is 5.75 Å². The van der Waals surface area contributed by atoms with Gasteiger partial charge in [0.05, 0.1) is 5.69 Å². The molecular formula is C18H16BrN3O. The molecule has 0 saturated heterocycles. The van der Waals surface area contributed by atoms with E-state index in [0.717, 1.165) is 28.3 Å². The summed E-state index contributed by atoms with van der Waals surface area (Å²) in [6, 6.07) is 17.7. The van der Waals surface area contributed by atoms with Crippen LogP contribution in [0.1, 0.15) is 11.3 Å². The first-order valence-electron chi connectivity index (χ1n) is 7.27. The van der Waals surface area contributed by atoms with E-state index in [2.05, 4.69) is 31.2 Å². The quantitative estimate of drug-likeness (QED) is 0.697. The number of nitrogens with zero attached hydrogens (tertiary/aromatic N) is 2. The van der Waals surface area contributed by atoms with E-state index >= 15 is 0 Å². The van der Waals surface area contributed by atoms with Crippen molar-refractivity contribution in [2.45, 2.75) is 13.2 Å². The molecule has 3 aromatic rings. The Balaban J connectivity index is 1.51. The number of halogens is 1. The number of ether oxygens (including phenoxy) is 1. The summed E-state index contributed by atoms with van der Waals surface area (Å²) in [5, 5.41) is 3.28. The SMILES string of the molecule is Brc1ccc(NCc2ccc(OCc3ccccn3)cc2)nc1. The molecule has 5 heteroatoms. The number of pyridine rings is 2. The highest BCUT2D eigenvalue weighted by Gasteiger charge is 1.99. The van der Waals surface area contributed by atoms with Gasteiger partial charge in [-0.2, -0.15) is 0 Å². The van der Waals surface area contributed by atoms with E-state index < -0.39 is 0 Å². The Morgan fingerprint density at radius 1 is 0.957 bits per heavy atom. The van der Waals surface area contributed by atoms with Crippen LogP contribution < -0.4 is 10.1 Å². The fourth-order valence-corrected chi connectivity index (χ4v) is 2.25. The molecule has 0 unspecified atom stereocenters. The first-order valence-corrected chi connectivity index (χ1v) is 8.06. The highest BCUT2D eigenvalue weighted by molar-refractivity contribution is 9.10. The monoisotopic (exact) mass is 369 g/mol. The molecule has 0 amide bonds. The molecule has 1 aromatic carbocycles. The number of anilines is 1. The summed E-state index contributed by atoms with van der Waals surface area (Å²) in [5.74, 6) is 1.69. The predicted octanol–water partition coefficient (Wildman–Crippen LogP) is 4.43. The first kappa shape index (κ1) is 15.5. The summed E-state index contributed by atoms with van der Waals surface area (Å²) in [5.41, 5.74) is 2.08. The molecule has 0 aliphatic heterocycles. The zero-order valence-corrected chi connectivity index (χ0v) is 14.0.